The quantitative estimate of drug-likeness (QED) is 0.420. The standard InChI is InChI=1S/C23H21ClN4O5S2/c1-3-35(30,31)23-27-28-20(25)18(21(29)26-22(28)34-23)13-15-4-6-16(7-5-15)32-10-11-33-17-8-9-19(24)14(2)12-17/h4-9,12-13,25H,3,10-11H2,1-2H3/b18-13+,25-20?. The monoisotopic (exact) mass is 532 g/mol. The van der Waals surface area contributed by atoms with Gasteiger partial charge in [0.2, 0.25) is 19.4 Å². The van der Waals surface area contributed by atoms with Crippen LogP contribution in [0.25, 0.3) is 6.08 Å². The number of amides is 1. The number of carbonyl (C=O) groups is 1. The molecule has 0 aromatic heterocycles. The van der Waals surface area contributed by atoms with Crippen molar-refractivity contribution in [2.24, 2.45) is 10.1 Å². The van der Waals surface area contributed by atoms with Crippen LogP contribution in [0.2, 0.25) is 5.02 Å². The second kappa shape index (κ2) is 10.2. The van der Waals surface area contributed by atoms with Crippen LogP contribution in [0.5, 0.6) is 11.5 Å². The van der Waals surface area contributed by atoms with Gasteiger partial charge in [0.25, 0.3) is 5.91 Å². The van der Waals surface area contributed by atoms with Gasteiger partial charge in [-0.05, 0) is 66.2 Å². The Morgan fingerprint density at radius 3 is 2.43 bits per heavy atom. The van der Waals surface area contributed by atoms with Crippen LogP contribution < -0.4 is 9.47 Å². The highest BCUT2D eigenvalue weighted by molar-refractivity contribution is 8.42. The van der Waals surface area contributed by atoms with Gasteiger partial charge in [-0.15, -0.1) is 5.10 Å². The number of amidine groups is 2. The number of fused-ring (bicyclic) bond motifs is 1. The molecule has 2 aliphatic rings. The van der Waals surface area contributed by atoms with Crippen LogP contribution in [0.4, 0.5) is 0 Å². The zero-order chi connectivity index (χ0) is 25.2. The Labute approximate surface area is 211 Å². The van der Waals surface area contributed by atoms with E-state index in [1.807, 2.05) is 13.0 Å². The maximum atomic E-state index is 12.5. The fraction of sp³-hybridized carbons (Fsp3) is 0.217. The number of hydrogen-bond acceptors (Lipinski definition) is 8. The number of rotatable bonds is 7. The van der Waals surface area contributed by atoms with E-state index in [1.54, 1.807) is 36.4 Å². The molecular formula is C23H21ClN4O5S2. The van der Waals surface area contributed by atoms with Crippen LogP contribution in [-0.4, -0.2) is 53.7 Å². The van der Waals surface area contributed by atoms with Gasteiger partial charge >= 0.3 is 0 Å². The van der Waals surface area contributed by atoms with Gasteiger partial charge in [0.1, 0.15) is 24.7 Å². The fourth-order valence-electron chi connectivity index (χ4n) is 3.08. The number of nitrogens with one attached hydrogen (secondary N) is 1. The van der Waals surface area contributed by atoms with Gasteiger partial charge in [-0.3, -0.25) is 10.2 Å². The summed E-state index contributed by atoms with van der Waals surface area (Å²) in [4.78, 5) is 16.4. The summed E-state index contributed by atoms with van der Waals surface area (Å²) in [5.41, 5.74) is 1.59. The van der Waals surface area contributed by atoms with Crippen molar-refractivity contribution in [1.29, 1.82) is 5.41 Å². The highest BCUT2D eigenvalue weighted by Crippen LogP contribution is 2.30. The van der Waals surface area contributed by atoms with E-state index in [0.29, 0.717) is 35.3 Å². The highest BCUT2D eigenvalue weighted by Gasteiger charge is 2.39. The molecule has 4 rings (SSSR count). The molecule has 182 valence electrons. The van der Waals surface area contributed by atoms with Crippen LogP contribution >= 0.6 is 23.4 Å². The van der Waals surface area contributed by atoms with E-state index < -0.39 is 15.7 Å². The number of ether oxygens (including phenoxy) is 2. The van der Waals surface area contributed by atoms with E-state index in [9.17, 15) is 13.2 Å². The van der Waals surface area contributed by atoms with Crippen molar-refractivity contribution in [3.8, 4) is 11.5 Å². The largest absolute Gasteiger partial charge is 0.490 e. The first-order valence-corrected chi connectivity index (χ1v) is 13.4. The van der Waals surface area contributed by atoms with Gasteiger partial charge in [0.15, 0.2) is 5.84 Å². The normalized spacial score (nSPS) is 16.8. The average molecular weight is 533 g/mol. The Morgan fingerprint density at radius 2 is 1.77 bits per heavy atom. The zero-order valence-electron chi connectivity index (χ0n) is 18.8. The first kappa shape index (κ1) is 25.0. The minimum absolute atomic E-state index is 0.00794. The number of carbonyl (C=O) groups excluding carboxylic acids is 1. The maximum Gasteiger partial charge on any atom is 0.283 e. The van der Waals surface area contributed by atoms with Crippen molar-refractivity contribution in [2.45, 2.75) is 13.8 Å². The van der Waals surface area contributed by atoms with Gasteiger partial charge in [-0.1, -0.05) is 30.7 Å². The fourth-order valence-corrected chi connectivity index (χ4v) is 5.36. The second-order valence-electron chi connectivity index (χ2n) is 7.47. The molecule has 0 aliphatic carbocycles. The minimum atomic E-state index is -3.57. The number of thioether (sulfide) groups is 1. The van der Waals surface area contributed by atoms with Gasteiger partial charge in [0, 0.05) is 5.02 Å². The molecule has 9 nitrogen and oxygen atoms in total. The van der Waals surface area contributed by atoms with E-state index in [0.717, 1.165) is 22.3 Å². The summed E-state index contributed by atoms with van der Waals surface area (Å²) in [6.45, 7) is 4.08. The molecule has 0 atom stereocenters. The molecule has 35 heavy (non-hydrogen) atoms. The van der Waals surface area contributed by atoms with Crippen molar-refractivity contribution < 1.29 is 22.7 Å². The zero-order valence-corrected chi connectivity index (χ0v) is 21.2. The molecule has 0 unspecified atom stereocenters. The lowest BCUT2D eigenvalue weighted by Crippen LogP contribution is -2.35. The molecule has 2 heterocycles. The molecule has 1 amide bonds. The van der Waals surface area contributed by atoms with Gasteiger partial charge in [-0.25, -0.2) is 8.42 Å². The minimum Gasteiger partial charge on any atom is -0.490 e. The summed E-state index contributed by atoms with van der Waals surface area (Å²) < 4.78 is 35.4. The third-order valence-electron chi connectivity index (χ3n) is 5.02. The topological polar surface area (TPSA) is 121 Å². The molecule has 0 spiro atoms. The smallest absolute Gasteiger partial charge is 0.283 e. The number of sulfone groups is 1. The van der Waals surface area contributed by atoms with Crippen LogP contribution in [0.3, 0.4) is 0 Å². The van der Waals surface area contributed by atoms with Gasteiger partial charge in [-0.2, -0.15) is 10.0 Å². The summed E-state index contributed by atoms with van der Waals surface area (Å²) >= 11 is 6.78. The van der Waals surface area contributed by atoms with Crippen molar-refractivity contribution in [1.82, 2.24) is 5.01 Å². The van der Waals surface area contributed by atoms with E-state index >= 15 is 0 Å². The predicted octanol–water partition coefficient (Wildman–Crippen LogP) is 4.12. The molecule has 2 aromatic carbocycles. The predicted molar refractivity (Wildman–Crippen MR) is 138 cm³/mol. The van der Waals surface area contributed by atoms with Gasteiger partial charge in [0.05, 0.1) is 11.3 Å². The Balaban J connectivity index is 1.38. The summed E-state index contributed by atoms with van der Waals surface area (Å²) in [5, 5.41) is 14.1. The van der Waals surface area contributed by atoms with E-state index in [1.165, 1.54) is 13.0 Å². The summed E-state index contributed by atoms with van der Waals surface area (Å²) in [5.74, 6) is 0.328. The lowest BCUT2D eigenvalue weighted by Gasteiger charge is -2.20. The van der Waals surface area contributed by atoms with Crippen molar-refractivity contribution >= 4 is 60.6 Å². The summed E-state index contributed by atoms with van der Waals surface area (Å²) in [6, 6.07) is 12.4. The molecule has 1 N–H and O–H groups in total. The number of hydrazone groups is 1. The molecule has 12 heteroatoms. The third kappa shape index (κ3) is 5.58. The second-order valence-corrected chi connectivity index (χ2v) is 11.3. The van der Waals surface area contributed by atoms with Crippen LogP contribution in [0, 0.1) is 12.3 Å². The average Bonchev–Trinajstić information content (AvgIpc) is 3.28. The molecular weight excluding hydrogens is 512 g/mol. The number of aryl methyl sites for hydroxylation is 1. The van der Waals surface area contributed by atoms with Crippen molar-refractivity contribution in [3.05, 3.63) is 64.2 Å². The van der Waals surface area contributed by atoms with E-state index in [2.05, 4.69) is 10.1 Å². The molecule has 2 aliphatic heterocycles. The van der Waals surface area contributed by atoms with E-state index in [-0.39, 0.29) is 26.7 Å². The first-order chi connectivity index (χ1) is 16.7. The first-order valence-electron chi connectivity index (χ1n) is 10.5. The molecule has 0 radical (unpaired) electrons. The molecule has 0 fully saturated rings. The van der Waals surface area contributed by atoms with Crippen LogP contribution in [0.15, 0.2) is 58.1 Å². The van der Waals surface area contributed by atoms with Crippen molar-refractivity contribution in [2.75, 3.05) is 19.0 Å². The molecule has 0 saturated carbocycles. The van der Waals surface area contributed by atoms with Gasteiger partial charge < -0.3 is 9.47 Å². The van der Waals surface area contributed by atoms with E-state index in [4.69, 9.17) is 26.5 Å². The summed E-state index contributed by atoms with van der Waals surface area (Å²) in [6.07, 6.45) is 1.51. The summed E-state index contributed by atoms with van der Waals surface area (Å²) in [7, 11) is -3.57. The highest BCUT2D eigenvalue weighted by atomic mass is 35.5. The van der Waals surface area contributed by atoms with Crippen molar-refractivity contribution in [3.63, 3.8) is 0 Å². The molecule has 0 saturated heterocycles. The lowest BCUT2D eigenvalue weighted by atomic mass is 10.1. The molecule has 2 aromatic rings. The Bertz CT molecular complexity index is 1390. The Kier molecular flexibility index (Phi) is 7.29. The third-order valence-corrected chi connectivity index (χ3v) is 8.54. The number of hydrogen-bond donors (Lipinski definition) is 1. The number of halogens is 1. The number of benzene rings is 2. The van der Waals surface area contributed by atoms with Crippen LogP contribution in [-0.2, 0) is 14.6 Å². The Hall–Kier alpha value is -3.15. The number of nitrogens with zero attached hydrogens (tertiary/aromatic N) is 3. The molecule has 0 bridgehead atoms. The number of aliphatic imine (C=N–C) groups is 1. The van der Waals surface area contributed by atoms with Crippen LogP contribution in [0.1, 0.15) is 18.1 Å². The maximum absolute atomic E-state index is 12.5. The lowest BCUT2D eigenvalue weighted by molar-refractivity contribution is -0.114. The Morgan fingerprint density at radius 1 is 1.11 bits per heavy atom. The SMILES string of the molecule is CCS(=O)(=O)C1=NN2C(=N)/C(=C\c3ccc(OCCOc4ccc(Cl)c(C)c4)cc3)C(=O)N=C2S1.